The lowest BCUT2D eigenvalue weighted by molar-refractivity contribution is -0.139. The van der Waals surface area contributed by atoms with E-state index >= 15 is 0 Å². The van der Waals surface area contributed by atoms with Gasteiger partial charge in [-0.05, 0) is 37.1 Å². The molecule has 1 aliphatic rings. The molecule has 1 heterocycles. The maximum Gasteiger partial charge on any atom is 0.331 e. The Bertz CT molecular complexity index is 455. The summed E-state index contributed by atoms with van der Waals surface area (Å²) in [7, 11) is 0. The standard InChI is InChI=1S/C14H20N2O3S/c1-9(10-5-2-3-6-10)15-14(19)16-12(13(17)18)11-7-4-8-20-11/h4,7-10,12H,2-3,5-6H2,1H3,(H,17,18)(H2,15,16,19). The summed E-state index contributed by atoms with van der Waals surface area (Å²) in [5, 5.41) is 16.4. The molecule has 1 saturated carbocycles. The predicted octanol–water partition coefficient (Wildman–Crippen LogP) is 2.75. The molecule has 0 aromatic carbocycles. The molecule has 110 valence electrons. The van der Waals surface area contributed by atoms with Gasteiger partial charge in [-0.15, -0.1) is 11.3 Å². The first-order valence-corrected chi connectivity index (χ1v) is 7.79. The van der Waals surface area contributed by atoms with Gasteiger partial charge in [0.05, 0.1) is 0 Å². The van der Waals surface area contributed by atoms with Gasteiger partial charge >= 0.3 is 12.0 Å². The molecular weight excluding hydrogens is 276 g/mol. The zero-order valence-electron chi connectivity index (χ0n) is 11.5. The number of hydrogen-bond donors (Lipinski definition) is 3. The maximum atomic E-state index is 11.9. The first-order chi connectivity index (χ1) is 9.58. The van der Waals surface area contributed by atoms with E-state index in [0.29, 0.717) is 10.8 Å². The monoisotopic (exact) mass is 296 g/mol. The normalized spacial score (nSPS) is 18.4. The third-order valence-corrected chi connectivity index (χ3v) is 4.75. The number of carboxylic acids is 1. The lowest BCUT2D eigenvalue weighted by atomic mass is 10.0. The van der Waals surface area contributed by atoms with Crippen LogP contribution in [-0.2, 0) is 4.79 Å². The van der Waals surface area contributed by atoms with Gasteiger partial charge in [0, 0.05) is 10.9 Å². The number of carboxylic acid groups (broad SMARTS) is 1. The van der Waals surface area contributed by atoms with Crippen molar-refractivity contribution in [2.45, 2.75) is 44.7 Å². The second-order valence-electron chi connectivity index (χ2n) is 5.24. The Hall–Kier alpha value is -1.56. The van der Waals surface area contributed by atoms with Crippen molar-refractivity contribution in [2.24, 2.45) is 5.92 Å². The summed E-state index contributed by atoms with van der Waals surface area (Å²) in [6.07, 6.45) is 4.69. The molecule has 1 fully saturated rings. The van der Waals surface area contributed by atoms with Crippen LogP contribution in [0.1, 0.15) is 43.5 Å². The molecule has 3 N–H and O–H groups in total. The van der Waals surface area contributed by atoms with Crippen molar-refractivity contribution in [3.05, 3.63) is 22.4 Å². The van der Waals surface area contributed by atoms with Gasteiger partial charge in [0.25, 0.3) is 0 Å². The van der Waals surface area contributed by atoms with Crippen LogP contribution in [0.4, 0.5) is 4.79 Å². The van der Waals surface area contributed by atoms with Crippen LogP contribution in [0.3, 0.4) is 0 Å². The van der Waals surface area contributed by atoms with Crippen molar-refractivity contribution < 1.29 is 14.7 Å². The van der Waals surface area contributed by atoms with Gasteiger partial charge in [-0.2, -0.15) is 0 Å². The van der Waals surface area contributed by atoms with Gasteiger partial charge in [-0.1, -0.05) is 18.9 Å². The van der Waals surface area contributed by atoms with Gasteiger partial charge in [0.2, 0.25) is 0 Å². The molecule has 2 amide bonds. The van der Waals surface area contributed by atoms with Crippen LogP contribution in [-0.4, -0.2) is 23.1 Å². The van der Waals surface area contributed by atoms with E-state index in [-0.39, 0.29) is 6.04 Å². The third kappa shape index (κ3) is 3.72. The average molecular weight is 296 g/mol. The number of hydrogen-bond acceptors (Lipinski definition) is 3. The summed E-state index contributed by atoms with van der Waals surface area (Å²) in [5.41, 5.74) is 0. The van der Waals surface area contributed by atoms with Gasteiger partial charge in [-0.3, -0.25) is 0 Å². The molecule has 20 heavy (non-hydrogen) atoms. The van der Waals surface area contributed by atoms with Crippen LogP contribution < -0.4 is 10.6 Å². The molecule has 2 unspecified atom stereocenters. The SMILES string of the molecule is CC(NC(=O)NC(C(=O)O)c1cccs1)C1CCCC1. The number of rotatable bonds is 5. The van der Waals surface area contributed by atoms with Crippen molar-refractivity contribution >= 4 is 23.3 Å². The smallest absolute Gasteiger partial charge is 0.331 e. The zero-order chi connectivity index (χ0) is 14.5. The van der Waals surface area contributed by atoms with E-state index in [9.17, 15) is 14.7 Å². The number of nitrogens with one attached hydrogen (secondary N) is 2. The van der Waals surface area contributed by atoms with Crippen LogP contribution in [0.25, 0.3) is 0 Å². The third-order valence-electron chi connectivity index (χ3n) is 3.82. The van der Waals surface area contributed by atoms with Crippen LogP contribution >= 0.6 is 11.3 Å². The Morgan fingerprint density at radius 2 is 2.05 bits per heavy atom. The molecule has 0 aliphatic heterocycles. The Labute approximate surface area is 122 Å². The highest BCUT2D eigenvalue weighted by atomic mass is 32.1. The summed E-state index contributed by atoms with van der Waals surface area (Å²) in [6.45, 7) is 1.98. The summed E-state index contributed by atoms with van der Waals surface area (Å²) in [5.74, 6) is -0.540. The molecule has 1 aromatic rings. The largest absolute Gasteiger partial charge is 0.479 e. The first kappa shape index (κ1) is 14.8. The average Bonchev–Trinajstić information content (AvgIpc) is 3.08. The number of amides is 2. The zero-order valence-corrected chi connectivity index (χ0v) is 12.3. The quantitative estimate of drug-likeness (QED) is 0.781. The minimum absolute atomic E-state index is 0.0790. The molecule has 2 rings (SSSR count). The topological polar surface area (TPSA) is 78.4 Å². The van der Waals surface area contributed by atoms with Gasteiger partial charge < -0.3 is 15.7 Å². The molecule has 0 radical (unpaired) electrons. The number of aliphatic carboxylic acids is 1. The fourth-order valence-corrected chi connectivity index (χ4v) is 3.43. The highest BCUT2D eigenvalue weighted by Gasteiger charge is 2.26. The van der Waals surface area contributed by atoms with E-state index in [1.165, 1.54) is 24.2 Å². The lowest BCUT2D eigenvalue weighted by Crippen LogP contribution is -2.46. The Kier molecular flexibility index (Phi) is 5.00. The lowest BCUT2D eigenvalue weighted by Gasteiger charge is -2.22. The van der Waals surface area contributed by atoms with Crippen LogP contribution in [0.15, 0.2) is 17.5 Å². The van der Waals surface area contributed by atoms with E-state index in [4.69, 9.17) is 0 Å². The predicted molar refractivity (Wildman–Crippen MR) is 77.8 cm³/mol. The second-order valence-corrected chi connectivity index (χ2v) is 6.22. The van der Waals surface area contributed by atoms with E-state index in [2.05, 4.69) is 10.6 Å². The van der Waals surface area contributed by atoms with Crippen LogP contribution in [0.2, 0.25) is 0 Å². The summed E-state index contributed by atoms with van der Waals surface area (Å²) < 4.78 is 0. The fourth-order valence-electron chi connectivity index (χ4n) is 2.66. The van der Waals surface area contributed by atoms with Crippen molar-refractivity contribution in [1.82, 2.24) is 10.6 Å². The van der Waals surface area contributed by atoms with E-state index in [1.807, 2.05) is 6.92 Å². The molecule has 6 heteroatoms. The Morgan fingerprint density at radius 3 is 2.60 bits per heavy atom. The Balaban J connectivity index is 1.90. The van der Waals surface area contributed by atoms with Gasteiger partial charge in [0.1, 0.15) is 0 Å². The maximum absolute atomic E-state index is 11.9. The van der Waals surface area contributed by atoms with Gasteiger partial charge in [-0.25, -0.2) is 9.59 Å². The summed E-state index contributed by atoms with van der Waals surface area (Å²) >= 11 is 1.32. The van der Waals surface area contributed by atoms with Crippen LogP contribution in [0.5, 0.6) is 0 Å². The van der Waals surface area contributed by atoms with Crippen LogP contribution in [0, 0.1) is 5.92 Å². The number of thiophene rings is 1. The summed E-state index contributed by atoms with van der Waals surface area (Å²) in [4.78, 5) is 23.8. The minimum Gasteiger partial charge on any atom is -0.479 e. The van der Waals surface area contributed by atoms with Crippen molar-refractivity contribution in [3.63, 3.8) is 0 Å². The number of carbonyl (C=O) groups excluding carboxylic acids is 1. The molecule has 0 saturated heterocycles. The van der Waals surface area contributed by atoms with E-state index in [1.54, 1.807) is 17.5 Å². The molecule has 0 bridgehead atoms. The second kappa shape index (κ2) is 6.74. The molecule has 1 aromatic heterocycles. The van der Waals surface area contributed by atoms with Crippen molar-refractivity contribution in [1.29, 1.82) is 0 Å². The van der Waals surface area contributed by atoms with Crippen molar-refractivity contribution in [2.75, 3.05) is 0 Å². The first-order valence-electron chi connectivity index (χ1n) is 6.91. The van der Waals surface area contributed by atoms with Gasteiger partial charge in [0.15, 0.2) is 6.04 Å². The molecular formula is C14H20N2O3S. The van der Waals surface area contributed by atoms with E-state index < -0.39 is 18.0 Å². The summed E-state index contributed by atoms with van der Waals surface area (Å²) in [6, 6.07) is 2.17. The van der Waals surface area contributed by atoms with Crippen molar-refractivity contribution in [3.8, 4) is 0 Å². The molecule has 0 spiro atoms. The highest BCUT2D eigenvalue weighted by Crippen LogP contribution is 2.27. The molecule has 2 atom stereocenters. The minimum atomic E-state index is -1.05. The number of carbonyl (C=O) groups is 2. The highest BCUT2D eigenvalue weighted by molar-refractivity contribution is 7.10. The molecule has 1 aliphatic carbocycles. The van der Waals surface area contributed by atoms with E-state index in [0.717, 1.165) is 12.8 Å². The number of urea groups is 1. The molecule has 5 nitrogen and oxygen atoms in total. The Morgan fingerprint density at radius 1 is 1.35 bits per heavy atom. The fraction of sp³-hybridized carbons (Fsp3) is 0.571.